The molecular weight excluding hydrogens is 181 g/mol. The highest BCUT2D eigenvalue weighted by Gasteiger charge is 2.28. The van der Waals surface area contributed by atoms with Crippen molar-refractivity contribution in [2.75, 3.05) is 0 Å². The topological polar surface area (TPSA) is 17.1 Å². The van der Waals surface area contributed by atoms with E-state index >= 15 is 0 Å². The quantitative estimate of drug-likeness (QED) is 0.676. The fraction of sp³-hybridized carbons (Fsp3) is 0.889. The fourth-order valence-electron chi connectivity index (χ4n) is 0.961. The van der Waals surface area contributed by atoms with Crippen LogP contribution < -0.4 is 0 Å². The van der Waals surface area contributed by atoms with Gasteiger partial charge in [0.05, 0.1) is 6.42 Å². The van der Waals surface area contributed by atoms with Gasteiger partial charge in [-0.1, -0.05) is 20.8 Å². The fourth-order valence-corrected chi connectivity index (χ4v) is 0.961. The predicted octanol–water partition coefficient (Wildman–Crippen LogP) is 3.33. The van der Waals surface area contributed by atoms with Crippen molar-refractivity contribution in [3.05, 3.63) is 0 Å². The van der Waals surface area contributed by atoms with Gasteiger partial charge >= 0.3 is 6.18 Å². The highest BCUT2D eigenvalue weighted by molar-refractivity contribution is 5.78. The second kappa shape index (κ2) is 4.11. The monoisotopic (exact) mass is 196 g/mol. The van der Waals surface area contributed by atoms with Gasteiger partial charge in [0, 0.05) is 12.8 Å². The molecule has 13 heavy (non-hydrogen) atoms. The van der Waals surface area contributed by atoms with E-state index in [4.69, 9.17) is 0 Å². The standard InChI is InChI=1S/C9H15F3O/c1-8(2,3)6-7(13)4-5-9(10,11)12/h4-6H2,1-3H3. The summed E-state index contributed by atoms with van der Waals surface area (Å²) in [5, 5.41) is 0. The molecule has 0 N–H and O–H groups in total. The molecule has 78 valence electrons. The van der Waals surface area contributed by atoms with Crippen LogP contribution in [0.2, 0.25) is 0 Å². The molecule has 0 heterocycles. The lowest BCUT2D eigenvalue weighted by Crippen LogP contribution is -2.16. The van der Waals surface area contributed by atoms with Gasteiger partial charge in [-0.15, -0.1) is 0 Å². The maximum Gasteiger partial charge on any atom is 0.389 e. The van der Waals surface area contributed by atoms with Gasteiger partial charge in [0.1, 0.15) is 5.78 Å². The minimum absolute atomic E-state index is 0.211. The van der Waals surface area contributed by atoms with Crippen LogP contribution in [-0.2, 0) is 4.79 Å². The zero-order valence-electron chi connectivity index (χ0n) is 8.16. The van der Waals surface area contributed by atoms with E-state index in [1.54, 1.807) is 0 Å². The molecule has 4 heteroatoms. The van der Waals surface area contributed by atoms with E-state index in [0.717, 1.165) is 0 Å². The molecule has 0 atom stereocenters. The lowest BCUT2D eigenvalue weighted by atomic mass is 9.89. The van der Waals surface area contributed by atoms with Crippen molar-refractivity contribution in [1.29, 1.82) is 0 Å². The van der Waals surface area contributed by atoms with Crippen LogP contribution in [0.3, 0.4) is 0 Å². The van der Waals surface area contributed by atoms with Crippen LogP contribution in [0.15, 0.2) is 0 Å². The van der Waals surface area contributed by atoms with Crippen LogP contribution in [0.5, 0.6) is 0 Å². The SMILES string of the molecule is CC(C)(C)CC(=O)CCC(F)(F)F. The second-order valence-corrected chi connectivity index (χ2v) is 4.39. The molecule has 0 aromatic rings. The lowest BCUT2D eigenvalue weighted by Gasteiger charge is -2.16. The van der Waals surface area contributed by atoms with E-state index in [9.17, 15) is 18.0 Å². The van der Waals surface area contributed by atoms with Crippen LogP contribution in [0.4, 0.5) is 13.2 Å². The van der Waals surface area contributed by atoms with E-state index < -0.39 is 12.6 Å². The number of carbonyl (C=O) groups excluding carboxylic acids is 1. The number of rotatable bonds is 3. The maximum atomic E-state index is 11.7. The summed E-state index contributed by atoms with van der Waals surface area (Å²) in [6, 6.07) is 0. The summed E-state index contributed by atoms with van der Waals surface area (Å²) in [4.78, 5) is 11.0. The molecule has 0 bridgehead atoms. The van der Waals surface area contributed by atoms with Crippen molar-refractivity contribution in [3.63, 3.8) is 0 Å². The molecule has 0 unspecified atom stereocenters. The Morgan fingerprint density at radius 1 is 1.15 bits per heavy atom. The molecule has 0 fully saturated rings. The Bertz CT molecular complexity index is 176. The van der Waals surface area contributed by atoms with E-state index in [0.29, 0.717) is 0 Å². The number of Topliss-reactive ketones (excluding diaryl/α,β-unsaturated/α-hetero) is 1. The van der Waals surface area contributed by atoms with Crippen molar-refractivity contribution >= 4 is 5.78 Å². The molecular formula is C9H15F3O. The Kier molecular flexibility index (Phi) is 3.94. The molecule has 0 saturated carbocycles. The Morgan fingerprint density at radius 2 is 1.62 bits per heavy atom. The average Bonchev–Trinajstić information content (AvgIpc) is 1.78. The molecule has 0 saturated heterocycles. The van der Waals surface area contributed by atoms with Gasteiger partial charge in [-0.2, -0.15) is 13.2 Å². The molecule has 0 aliphatic carbocycles. The van der Waals surface area contributed by atoms with Gasteiger partial charge in [-0.3, -0.25) is 4.79 Å². The number of halogens is 3. The zero-order valence-corrected chi connectivity index (χ0v) is 8.16. The predicted molar refractivity (Wildman–Crippen MR) is 44.4 cm³/mol. The highest BCUT2D eigenvalue weighted by Crippen LogP contribution is 2.25. The average molecular weight is 196 g/mol. The highest BCUT2D eigenvalue weighted by atomic mass is 19.4. The summed E-state index contributed by atoms with van der Waals surface area (Å²) in [7, 11) is 0. The summed E-state index contributed by atoms with van der Waals surface area (Å²) in [6.45, 7) is 5.50. The first-order valence-electron chi connectivity index (χ1n) is 4.19. The first-order chi connectivity index (χ1) is 5.60. The van der Waals surface area contributed by atoms with Crippen LogP contribution in [0.25, 0.3) is 0 Å². The third kappa shape index (κ3) is 9.37. The molecule has 0 aliphatic heterocycles. The van der Waals surface area contributed by atoms with Gasteiger partial charge in [0.2, 0.25) is 0 Å². The third-order valence-electron chi connectivity index (χ3n) is 1.41. The summed E-state index contributed by atoms with van der Waals surface area (Å²) in [6.07, 6.45) is -5.39. The smallest absolute Gasteiger partial charge is 0.300 e. The molecule has 1 nitrogen and oxygen atoms in total. The number of ketones is 1. The van der Waals surface area contributed by atoms with Crippen molar-refractivity contribution in [2.45, 2.75) is 46.2 Å². The van der Waals surface area contributed by atoms with E-state index in [2.05, 4.69) is 0 Å². The molecule has 0 aliphatic rings. The Balaban J connectivity index is 3.78. The van der Waals surface area contributed by atoms with Crippen molar-refractivity contribution in [3.8, 4) is 0 Å². The number of hydrogen-bond donors (Lipinski definition) is 0. The molecule has 0 rings (SSSR count). The number of carbonyl (C=O) groups is 1. The normalized spacial score (nSPS) is 13.1. The molecule has 0 spiro atoms. The van der Waals surface area contributed by atoms with Gasteiger partial charge in [-0.05, 0) is 5.41 Å². The minimum atomic E-state index is -4.21. The second-order valence-electron chi connectivity index (χ2n) is 4.39. The van der Waals surface area contributed by atoms with Crippen molar-refractivity contribution in [1.82, 2.24) is 0 Å². The van der Waals surface area contributed by atoms with Gasteiger partial charge < -0.3 is 0 Å². The summed E-state index contributed by atoms with van der Waals surface area (Å²) in [5.74, 6) is -0.315. The largest absolute Gasteiger partial charge is 0.389 e. The van der Waals surface area contributed by atoms with E-state index in [-0.39, 0.29) is 24.0 Å². The minimum Gasteiger partial charge on any atom is -0.300 e. The molecule has 0 aromatic carbocycles. The molecule has 0 radical (unpaired) electrons. The summed E-state index contributed by atoms with van der Waals surface area (Å²) in [5.41, 5.74) is -0.220. The number of hydrogen-bond acceptors (Lipinski definition) is 1. The molecule has 0 aromatic heterocycles. The Morgan fingerprint density at radius 3 is 1.92 bits per heavy atom. The number of alkyl halides is 3. The van der Waals surface area contributed by atoms with Crippen LogP contribution in [0.1, 0.15) is 40.0 Å². The van der Waals surface area contributed by atoms with Gasteiger partial charge in [-0.25, -0.2) is 0 Å². The molecule has 0 amide bonds. The Labute approximate surface area is 76.3 Å². The first-order valence-corrected chi connectivity index (χ1v) is 4.19. The summed E-state index contributed by atoms with van der Waals surface area (Å²) >= 11 is 0. The van der Waals surface area contributed by atoms with Crippen molar-refractivity contribution in [2.24, 2.45) is 5.41 Å². The van der Waals surface area contributed by atoms with Crippen LogP contribution >= 0.6 is 0 Å². The Hall–Kier alpha value is -0.540. The van der Waals surface area contributed by atoms with E-state index in [1.165, 1.54) is 0 Å². The lowest BCUT2D eigenvalue weighted by molar-refractivity contribution is -0.143. The third-order valence-corrected chi connectivity index (χ3v) is 1.41. The first kappa shape index (κ1) is 12.5. The maximum absolute atomic E-state index is 11.7. The van der Waals surface area contributed by atoms with Crippen LogP contribution in [-0.4, -0.2) is 12.0 Å². The van der Waals surface area contributed by atoms with Crippen molar-refractivity contribution < 1.29 is 18.0 Å². The zero-order chi connectivity index (χ0) is 10.7. The van der Waals surface area contributed by atoms with Gasteiger partial charge in [0.25, 0.3) is 0 Å². The van der Waals surface area contributed by atoms with E-state index in [1.807, 2.05) is 20.8 Å². The van der Waals surface area contributed by atoms with Gasteiger partial charge in [0.15, 0.2) is 0 Å². The van der Waals surface area contributed by atoms with Crippen LogP contribution in [0, 0.1) is 5.41 Å². The summed E-state index contributed by atoms with van der Waals surface area (Å²) < 4.78 is 35.1.